The number of aromatic nitrogens is 4. The molecule has 4 aromatic rings. The second kappa shape index (κ2) is 10.2. The fourth-order valence-corrected chi connectivity index (χ4v) is 4.65. The van der Waals surface area contributed by atoms with Gasteiger partial charge >= 0.3 is 0 Å². The summed E-state index contributed by atoms with van der Waals surface area (Å²) in [5.41, 5.74) is 2.99. The number of nitrogens with zero attached hydrogens (tertiary/aromatic N) is 6. The molecule has 1 aliphatic heterocycles. The number of hydrogen-bond acceptors (Lipinski definition) is 7. The third-order valence-corrected chi connectivity index (χ3v) is 6.51. The van der Waals surface area contributed by atoms with Crippen LogP contribution in [0.25, 0.3) is 11.4 Å². The van der Waals surface area contributed by atoms with E-state index in [4.69, 9.17) is 9.72 Å². The minimum absolute atomic E-state index is 0.117. The van der Waals surface area contributed by atoms with E-state index in [0.29, 0.717) is 42.7 Å². The second-order valence-corrected chi connectivity index (χ2v) is 8.74. The van der Waals surface area contributed by atoms with Gasteiger partial charge in [-0.3, -0.25) is 14.3 Å². The molecular weight excluding hydrogens is 459 g/mol. The Morgan fingerprint density at radius 3 is 2.64 bits per heavy atom. The highest BCUT2D eigenvalue weighted by atomic mass is 19.1. The highest BCUT2D eigenvalue weighted by molar-refractivity contribution is 5.55. The Bertz CT molecular complexity index is 1400. The van der Waals surface area contributed by atoms with Crippen LogP contribution in [0.5, 0.6) is 5.75 Å². The zero-order chi connectivity index (χ0) is 25.1. The lowest BCUT2D eigenvalue weighted by molar-refractivity contribution is 0.164. The van der Waals surface area contributed by atoms with Crippen molar-refractivity contribution in [1.82, 2.24) is 24.4 Å². The molecule has 1 unspecified atom stereocenters. The second-order valence-electron chi connectivity index (χ2n) is 8.74. The van der Waals surface area contributed by atoms with E-state index in [9.17, 15) is 9.18 Å². The number of rotatable bonds is 6. The van der Waals surface area contributed by atoms with Crippen LogP contribution in [0.2, 0.25) is 0 Å². The largest absolute Gasteiger partial charge is 0.496 e. The number of methoxy groups -OCH3 is 1. The minimum Gasteiger partial charge on any atom is -0.496 e. The lowest BCUT2D eigenvalue weighted by Gasteiger charge is -2.42. The quantitative estimate of drug-likeness (QED) is 0.413. The summed E-state index contributed by atoms with van der Waals surface area (Å²) < 4.78 is 21.1. The number of halogens is 1. The van der Waals surface area contributed by atoms with Gasteiger partial charge in [-0.15, -0.1) is 0 Å². The smallest absolute Gasteiger partial charge is 0.255 e. The van der Waals surface area contributed by atoms with Crippen molar-refractivity contribution in [2.75, 3.05) is 31.6 Å². The molecule has 2 aromatic heterocycles. The van der Waals surface area contributed by atoms with Crippen LogP contribution < -0.4 is 15.2 Å². The summed E-state index contributed by atoms with van der Waals surface area (Å²) in [6, 6.07) is 18.0. The zero-order valence-electron chi connectivity index (χ0n) is 20.2. The first-order valence-electron chi connectivity index (χ1n) is 11.7. The molecule has 0 radical (unpaired) electrons. The lowest BCUT2D eigenvalue weighted by Crippen LogP contribution is -2.49. The molecule has 3 heterocycles. The summed E-state index contributed by atoms with van der Waals surface area (Å²) in [7, 11) is 3.27. The average molecular weight is 487 g/mol. The molecule has 0 amide bonds. The van der Waals surface area contributed by atoms with E-state index in [0.717, 1.165) is 12.1 Å². The Morgan fingerprint density at radius 2 is 1.89 bits per heavy atom. The topological polar surface area (TPSA) is 76.4 Å². The van der Waals surface area contributed by atoms with Crippen molar-refractivity contribution in [2.45, 2.75) is 12.6 Å². The van der Waals surface area contributed by atoms with E-state index in [1.54, 1.807) is 37.1 Å². The van der Waals surface area contributed by atoms with Gasteiger partial charge in [-0.25, -0.2) is 19.3 Å². The molecule has 0 N–H and O–H groups in total. The monoisotopic (exact) mass is 486 g/mol. The normalized spacial score (nSPS) is 16.2. The van der Waals surface area contributed by atoms with Gasteiger partial charge in [0, 0.05) is 57.1 Å². The SMILES string of the molecule is COc1cc(F)ccc1C1CN(c2nc(-c3ccncn3)cc(=O)n2C)CCN1Cc1ccccc1. The molecule has 5 rings (SSSR count). The molecule has 9 heteroatoms. The maximum absolute atomic E-state index is 14.0. The first-order chi connectivity index (χ1) is 17.5. The summed E-state index contributed by atoms with van der Waals surface area (Å²) >= 11 is 0. The number of benzene rings is 2. The summed E-state index contributed by atoms with van der Waals surface area (Å²) in [6.07, 6.45) is 3.06. The van der Waals surface area contributed by atoms with Crippen molar-refractivity contribution >= 4 is 5.95 Å². The summed E-state index contributed by atoms with van der Waals surface area (Å²) in [6.45, 7) is 2.66. The number of ether oxygens (including phenoxy) is 1. The molecule has 2 aromatic carbocycles. The van der Waals surface area contributed by atoms with E-state index in [1.807, 2.05) is 18.2 Å². The predicted octanol–water partition coefficient (Wildman–Crippen LogP) is 3.45. The van der Waals surface area contributed by atoms with Crippen LogP contribution in [0.1, 0.15) is 17.2 Å². The first-order valence-corrected chi connectivity index (χ1v) is 11.7. The molecular formula is C27H27FN6O2. The molecule has 0 spiro atoms. The van der Waals surface area contributed by atoms with Crippen molar-refractivity contribution in [3.8, 4) is 17.1 Å². The van der Waals surface area contributed by atoms with E-state index >= 15 is 0 Å². The van der Waals surface area contributed by atoms with Crippen molar-refractivity contribution in [3.63, 3.8) is 0 Å². The highest BCUT2D eigenvalue weighted by Gasteiger charge is 2.32. The van der Waals surface area contributed by atoms with Crippen LogP contribution in [-0.2, 0) is 13.6 Å². The Labute approximate surface area is 208 Å². The average Bonchev–Trinajstić information content (AvgIpc) is 2.91. The van der Waals surface area contributed by atoms with Crippen molar-refractivity contribution in [2.24, 2.45) is 7.05 Å². The van der Waals surface area contributed by atoms with E-state index in [-0.39, 0.29) is 17.4 Å². The van der Waals surface area contributed by atoms with E-state index in [2.05, 4.69) is 31.9 Å². The van der Waals surface area contributed by atoms with Gasteiger partial charge in [0.1, 0.15) is 17.9 Å². The molecule has 184 valence electrons. The highest BCUT2D eigenvalue weighted by Crippen LogP contribution is 2.35. The van der Waals surface area contributed by atoms with Crippen molar-refractivity contribution < 1.29 is 9.13 Å². The number of anilines is 1. The summed E-state index contributed by atoms with van der Waals surface area (Å²) in [5.74, 6) is 0.706. The molecule has 36 heavy (non-hydrogen) atoms. The maximum Gasteiger partial charge on any atom is 0.255 e. The van der Waals surface area contributed by atoms with Crippen LogP contribution in [0, 0.1) is 5.82 Å². The Balaban J connectivity index is 1.53. The van der Waals surface area contributed by atoms with Gasteiger partial charge < -0.3 is 9.64 Å². The Morgan fingerprint density at radius 1 is 1.06 bits per heavy atom. The Kier molecular flexibility index (Phi) is 6.73. The third-order valence-electron chi connectivity index (χ3n) is 6.51. The van der Waals surface area contributed by atoms with E-state index in [1.165, 1.54) is 30.1 Å². The van der Waals surface area contributed by atoms with Crippen LogP contribution in [0.4, 0.5) is 10.3 Å². The number of piperazine rings is 1. The maximum atomic E-state index is 14.0. The molecule has 1 saturated heterocycles. The van der Waals surface area contributed by atoms with Gasteiger partial charge in [-0.2, -0.15) is 0 Å². The minimum atomic E-state index is -0.348. The van der Waals surface area contributed by atoms with E-state index < -0.39 is 0 Å². The van der Waals surface area contributed by atoms with Gasteiger partial charge in [0.05, 0.1) is 24.5 Å². The standard InChI is InChI=1S/C27H27FN6O2/c1-32-26(35)15-23(22-10-11-29-18-30-22)31-27(32)34-13-12-33(16-19-6-4-3-5-7-19)24(17-34)21-9-8-20(28)14-25(21)36-2/h3-11,14-15,18,24H,12-13,16-17H2,1-2H3. The molecule has 8 nitrogen and oxygen atoms in total. The third kappa shape index (κ3) is 4.83. The van der Waals surface area contributed by atoms with Gasteiger partial charge in [0.2, 0.25) is 5.95 Å². The summed E-state index contributed by atoms with van der Waals surface area (Å²) in [4.78, 5) is 30.3. The Hall–Kier alpha value is -4.11. The zero-order valence-corrected chi connectivity index (χ0v) is 20.2. The number of hydrogen-bond donors (Lipinski definition) is 0. The van der Waals surface area contributed by atoms with Crippen LogP contribution in [0.3, 0.4) is 0 Å². The molecule has 1 fully saturated rings. The van der Waals surface area contributed by atoms with Crippen LogP contribution in [0.15, 0.2) is 78.0 Å². The summed E-state index contributed by atoms with van der Waals surface area (Å²) in [5, 5.41) is 0. The van der Waals surface area contributed by atoms with Gasteiger partial charge in [-0.1, -0.05) is 36.4 Å². The van der Waals surface area contributed by atoms with Crippen molar-refractivity contribution in [1.29, 1.82) is 0 Å². The predicted molar refractivity (Wildman–Crippen MR) is 135 cm³/mol. The lowest BCUT2D eigenvalue weighted by atomic mass is 10.00. The van der Waals surface area contributed by atoms with Gasteiger partial charge in [0.25, 0.3) is 5.56 Å². The fourth-order valence-electron chi connectivity index (χ4n) is 4.65. The molecule has 0 saturated carbocycles. The molecule has 0 bridgehead atoms. The van der Waals surface area contributed by atoms with Crippen LogP contribution in [-0.4, -0.2) is 51.2 Å². The van der Waals surface area contributed by atoms with Gasteiger partial charge in [-0.05, 0) is 17.7 Å². The first kappa shape index (κ1) is 23.6. The molecule has 1 atom stereocenters. The molecule has 0 aliphatic carbocycles. The fraction of sp³-hybridized carbons (Fsp3) is 0.259. The van der Waals surface area contributed by atoms with Crippen molar-refractivity contribution in [3.05, 3.63) is 100 Å². The molecule has 1 aliphatic rings. The van der Waals surface area contributed by atoms with Gasteiger partial charge in [0.15, 0.2) is 0 Å². The van der Waals surface area contributed by atoms with Crippen LogP contribution >= 0.6 is 0 Å².